The number of ether oxygens (including phenoxy) is 1. The summed E-state index contributed by atoms with van der Waals surface area (Å²) in [6.07, 6.45) is 9.51. The van der Waals surface area contributed by atoms with E-state index in [1.165, 1.54) is 29.7 Å². The second-order valence-electron chi connectivity index (χ2n) is 11.3. The van der Waals surface area contributed by atoms with E-state index in [1.54, 1.807) is 7.11 Å². The van der Waals surface area contributed by atoms with Crippen LogP contribution in [0.1, 0.15) is 62.3 Å². The minimum Gasteiger partial charge on any atom is -0.497 e. The van der Waals surface area contributed by atoms with Gasteiger partial charge in [-0.1, -0.05) is 12.1 Å². The number of nitrogens with zero attached hydrogens (tertiary/aromatic N) is 3. The van der Waals surface area contributed by atoms with Crippen LogP contribution < -0.4 is 4.74 Å². The molecule has 1 aromatic heterocycles. The summed E-state index contributed by atoms with van der Waals surface area (Å²) in [7, 11) is 1.75. The van der Waals surface area contributed by atoms with E-state index in [-0.39, 0.29) is 11.5 Å². The highest BCUT2D eigenvalue weighted by Gasteiger charge is 2.59. The van der Waals surface area contributed by atoms with Gasteiger partial charge in [0.15, 0.2) is 0 Å². The minimum absolute atomic E-state index is 0.149. The molecule has 2 aromatic rings. The summed E-state index contributed by atoms with van der Waals surface area (Å²) in [6.45, 7) is 9.74. The first-order valence-corrected chi connectivity index (χ1v) is 13.7. The second kappa shape index (κ2) is 10.2. The molecule has 2 saturated heterocycles. The average molecular weight is 478 g/mol. The SMILES string of the molecule is COc1ccc(C)c(C23CCN(CCCc4ccccn4)CCC2(O)C(C)N(CC2CC2)CC3)c1. The van der Waals surface area contributed by atoms with E-state index >= 15 is 0 Å². The maximum atomic E-state index is 12.7. The van der Waals surface area contributed by atoms with Gasteiger partial charge in [-0.05, 0) is 120 Å². The quantitative estimate of drug-likeness (QED) is 0.602. The number of methoxy groups -OCH3 is 1. The van der Waals surface area contributed by atoms with E-state index in [4.69, 9.17) is 4.74 Å². The van der Waals surface area contributed by atoms with Gasteiger partial charge in [0.2, 0.25) is 0 Å². The number of aryl methyl sites for hydroxylation is 2. The number of aromatic nitrogens is 1. The van der Waals surface area contributed by atoms with Crippen molar-refractivity contribution in [2.24, 2.45) is 5.92 Å². The highest BCUT2D eigenvalue weighted by Crippen LogP contribution is 2.53. The number of hydrogen-bond donors (Lipinski definition) is 1. The molecule has 2 aliphatic heterocycles. The van der Waals surface area contributed by atoms with Crippen LogP contribution in [-0.2, 0) is 11.8 Å². The molecule has 1 saturated carbocycles. The topological polar surface area (TPSA) is 48.8 Å². The molecule has 0 amide bonds. The second-order valence-corrected chi connectivity index (χ2v) is 11.3. The molecule has 1 aromatic carbocycles. The van der Waals surface area contributed by atoms with Crippen LogP contribution in [0.2, 0.25) is 0 Å². The first kappa shape index (κ1) is 24.7. The fourth-order valence-electron chi connectivity index (χ4n) is 6.91. The predicted molar refractivity (Wildman–Crippen MR) is 141 cm³/mol. The molecule has 5 nitrogen and oxygen atoms in total. The molecule has 1 N–H and O–H groups in total. The summed E-state index contributed by atoms with van der Waals surface area (Å²) in [5, 5.41) is 12.7. The van der Waals surface area contributed by atoms with Crippen LogP contribution in [0.4, 0.5) is 0 Å². The molecule has 3 atom stereocenters. The van der Waals surface area contributed by atoms with E-state index in [0.717, 1.165) is 76.5 Å². The predicted octanol–water partition coefficient (Wildman–Crippen LogP) is 4.60. The molecule has 3 unspecified atom stereocenters. The van der Waals surface area contributed by atoms with Crippen molar-refractivity contribution >= 4 is 0 Å². The molecule has 0 bridgehead atoms. The number of rotatable bonds is 8. The lowest BCUT2D eigenvalue weighted by Gasteiger charge is -2.58. The number of fused-ring (bicyclic) bond motifs is 1. The molecule has 3 aliphatic rings. The van der Waals surface area contributed by atoms with Gasteiger partial charge in [0.1, 0.15) is 5.75 Å². The van der Waals surface area contributed by atoms with Gasteiger partial charge in [0.05, 0.1) is 12.7 Å². The molecule has 5 heteroatoms. The van der Waals surface area contributed by atoms with Crippen molar-refractivity contribution < 1.29 is 9.84 Å². The molecular formula is C30H43N3O2. The van der Waals surface area contributed by atoms with Crippen molar-refractivity contribution in [3.63, 3.8) is 0 Å². The standard InChI is InChI=1S/C30H43N3O2/c1-23-9-12-27(35-3)21-28(23)29-13-18-32(17-6-8-26-7-4-5-16-31-26)19-15-30(29,34)24(2)33(20-14-29)22-25-10-11-25/h4-5,7,9,12,16,21,24-25,34H,6,8,10-11,13-15,17-20,22H2,1-3H3. The van der Waals surface area contributed by atoms with Crippen molar-refractivity contribution in [3.05, 3.63) is 59.4 Å². The lowest BCUT2D eigenvalue weighted by molar-refractivity contribution is -0.136. The van der Waals surface area contributed by atoms with Gasteiger partial charge in [-0.3, -0.25) is 9.88 Å². The van der Waals surface area contributed by atoms with Crippen molar-refractivity contribution in [3.8, 4) is 5.75 Å². The number of hydrogen-bond acceptors (Lipinski definition) is 5. The van der Waals surface area contributed by atoms with Crippen LogP contribution in [0.5, 0.6) is 5.75 Å². The van der Waals surface area contributed by atoms with Crippen LogP contribution in [0.3, 0.4) is 0 Å². The largest absolute Gasteiger partial charge is 0.497 e. The van der Waals surface area contributed by atoms with E-state index in [0.29, 0.717) is 0 Å². The maximum Gasteiger partial charge on any atom is 0.119 e. The Morgan fingerprint density at radius 3 is 2.63 bits per heavy atom. The average Bonchev–Trinajstić information content (AvgIpc) is 3.71. The molecule has 3 fully saturated rings. The highest BCUT2D eigenvalue weighted by molar-refractivity contribution is 5.44. The lowest BCUT2D eigenvalue weighted by atomic mass is 9.57. The fraction of sp³-hybridized carbons (Fsp3) is 0.633. The molecule has 35 heavy (non-hydrogen) atoms. The molecule has 5 rings (SSSR count). The Kier molecular flexibility index (Phi) is 7.20. The number of aliphatic hydroxyl groups is 1. The Labute approximate surface area is 211 Å². The minimum atomic E-state index is -0.757. The van der Waals surface area contributed by atoms with Gasteiger partial charge in [0.25, 0.3) is 0 Å². The van der Waals surface area contributed by atoms with Crippen LogP contribution in [0, 0.1) is 12.8 Å². The normalized spacial score (nSPS) is 30.0. The Hall–Kier alpha value is -1.95. The fourth-order valence-corrected chi connectivity index (χ4v) is 6.91. The Morgan fingerprint density at radius 1 is 1.09 bits per heavy atom. The zero-order chi connectivity index (χ0) is 24.5. The Bertz CT molecular complexity index is 994. The van der Waals surface area contributed by atoms with Gasteiger partial charge in [-0.15, -0.1) is 0 Å². The molecular weight excluding hydrogens is 434 g/mol. The Morgan fingerprint density at radius 2 is 1.89 bits per heavy atom. The summed E-state index contributed by atoms with van der Waals surface area (Å²) < 4.78 is 5.66. The van der Waals surface area contributed by atoms with Crippen LogP contribution >= 0.6 is 0 Å². The molecule has 0 spiro atoms. The Balaban J connectivity index is 1.41. The van der Waals surface area contributed by atoms with E-state index < -0.39 is 5.60 Å². The maximum absolute atomic E-state index is 12.7. The van der Waals surface area contributed by atoms with Crippen LogP contribution in [0.15, 0.2) is 42.6 Å². The number of piperidine rings is 1. The molecule has 3 heterocycles. The summed E-state index contributed by atoms with van der Waals surface area (Å²) >= 11 is 0. The summed E-state index contributed by atoms with van der Waals surface area (Å²) in [5.74, 6) is 1.73. The molecule has 1 aliphatic carbocycles. The number of benzene rings is 1. The smallest absolute Gasteiger partial charge is 0.119 e. The number of pyridine rings is 1. The summed E-state index contributed by atoms with van der Waals surface area (Å²) in [5.41, 5.74) is 2.74. The summed E-state index contributed by atoms with van der Waals surface area (Å²) in [4.78, 5) is 9.69. The lowest BCUT2D eigenvalue weighted by Crippen LogP contribution is -2.68. The van der Waals surface area contributed by atoms with E-state index in [2.05, 4.69) is 59.0 Å². The van der Waals surface area contributed by atoms with Crippen molar-refractivity contribution in [2.75, 3.05) is 39.8 Å². The van der Waals surface area contributed by atoms with Crippen molar-refractivity contribution in [1.82, 2.24) is 14.8 Å². The van der Waals surface area contributed by atoms with Gasteiger partial charge in [-0.25, -0.2) is 0 Å². The molecule has 190 valence electrons. The van der Waals surface area contributed by atoms with Gasteiger partial charge in [-0.2, -0.15) is 0 Å². The zero-order valence-electron chi connectivity index (χ0n) is 21.9. The zero-order valence-corrected chi connectivity index (χ0v) is 21.9. The number of likely N-dealkylation sites (tertiary alicyclic amines) is 2. The third-order valence-corrected chi connectivity index (χ3v) is 9.34. The first-order chi connectivity index (χ1) is 16.9. The monoisotopic (exact) mass is 477 g/mol. The molecule has 0 radical (unpaired) electrons. The van der Waals surface area contributed by atoms with Gasteiger partial charge >= 0.3 is 0 Å². The van der Waals surface area contributed by atoms with Crippen LogP contribution in [0.25, 0.3) is 0 Å². The van der Waals surface area contributed by atoms with E-state index in [1.807, 2.05) is 12.3 Å². The van der Waals surface area contributed by atoms with Crippen molar-refractivity contribution in [2.45, 2.75) is 75.9 Å². The third kappa shape index (κ3) is 4.87. The van der Waals surface area contributed by atoms with Gasteiger partial charge in [0, 0.05) is 36.4 Å². The highest BCUT2D eigenvalue weighted by atomic mass is 16.5. The third-order valence-electron chi connectivity index (χ3n) is 9.34. The first-order valence-electron chi connectivity index (χ1n) is 13.7. The summed E-state index contributed by atoms with van der Waals surface area (Å²) in [6, 6.07) is 12.8. The van der Waals surface area contributed by atoms with Crippen LogP contribution in [-0.4, -0.2) is 71.4 Å². The van der Waals surface area contributed by atoms with Crippen molar-refractivity contribution in [1.29, 1.82) is 0 Å². The van der Waals surface area contributed by atoms with E-state index in [9.17, 15) is 5.11 Å². The van der Waals surface area contributed by atoms with Gasteiger partial charge < -0.3 is 14.7 Å².